The van der Waals surface area contributed by atoms with Crippen LogP contribution in [0.25, 0.3) is 0 Å². The van der Waals surface area contributed by atoms with Crippen molar-refractivity contribution in [3.63, 3.8) is 0 Å². The lowest BCUT2D eigenvalue weighted by molar-refractivity contribution is 0.534. The first-order chi connectivity index (χ1) is 10.1. The van der Waals surface area contributed by atoms with Crippen LogP contribution in [-0.2, 0) is 13.1 Å². The molecule has 8 heteroatoms. The largest absolute Gasteiger partial charge is 0.343 e. The molecule has 114 valence electrons. The minimum atomic E-state index is -0.663. The van der Waals surface area contributed by atoms with Crippen LogP contribution in [0.2, 0.25) is 0 Å². The summed E-state index contributed by atoms with van der Waals surface area (Å²) < 4.78 is 29.4. The zero-order valence-electron chi connectivity index (χ0n) is 11.7. The Labute approximate surface area is 124 Å². The van der Waals surface area contributed by atoms with E-state index >= 15 is 0 Å². The third-order valence-corrected chi connectivity index (χ3v) is 3.89. The number of aromatic amines is 1. The highest BCUT2D eigenvalue weighted by atomic mass is 32.2. The summed E-state index contributed by atoms with van der Waals surface area (Å²) in [5.74, 6) is -1.33. The van der Waals surface area contributed by atoms with Gasteiger partial charge in [-0.2, -0.15) is 0 Å². The van der Waals surface area contributed by atoms with E-state index in [-0.39, 0.29) is 15.7 Å². The van der Waals surface area contributed by atoms with Gasteiger partial charge in [-0.3, -0.25) is 4.57 Å². The Kier molecular flexibility index (Phi) is 5.13. The van der Waals surface area contributed by atoms with E-state index in [0.29, 0.717) is 18.7 Å². The molecule has 1 aromatic heterocycles. The van der Waals surface area contributed by atoms with Gasteiger partial charge in [0.2, 0.25) is 0 Å². The molecular formula is C13H16F2N4OS. The fourth-order valence-corrected chi connectivity index (χ4v) is 2.78. The van der Waals surface area contributed by atoms with Crippen LogP contribution in [-0.4, -0.2) is 21.8 Å². The van der Waals surface area contributed by atoms with Crippen molar-refractivity contribution in [2.45, 2.75) is 36.5 Å². The number of H-pyrrole nitrogens is 1. The molecule has 0 radical (unpaired) electrons. The standard InChI is InChI=1S/C13H16F2N4OS/c1-3-4-19-12(20)17-18-13(19)21-11-9(14)5-8(7-16-2)6-10(11)15/h5-6,16H,3-4,7H2,1-2H3,(H,17,20). The Hall–Kier alpha value is -1.67. The molecule has 0 saturated carbocycles. The van der Waals surface area contributed by atoms with Crippen molar-refractivity contribution in [1.82, 2.24) is 20.1 Å². The highest BCUT2D eigenvalue weighted by molar-refractivity contribution is 7.99. The Bertz CT molecular complexity index is 660. The Morgan fingerprint density at radius 2 is 2.05 bits per heavy atom. The third-order valence-electron chi connectivity index (χ3n) is 2.80. The second-order valence-corrected chi connectivity index (χ2v) is 5.46. The van der Waals surface area contributed by atoms with Gasteiger partial charge in [-0.15, -0.1) is 5.10 Å². The molecule has 0 bridgehead atoms. The lowest BCUT2D eigenvalue weighted by Gasteiger charge is -2.08. The van der Waals surface area contributed by atoms with Gasteiger partial charge in [0.15, 0.2) is 5.16 Å². The normalized spacial score (nSPS) is 11.0. The number of rotatable bonds is 6. The van der Waals surface area contributed by atoms with Crippen molar-refractivity contribution in [3.8, 4) is 0 Å². The summed E-state index contributed by atoms with van der Waals surface area (Å²) in [4.78, 5) is 11.4. The summed E-state index contributed by atoms with van der Waals surface area (Å²) in [6.45, 7) is 2.72. The first kappa shape index (κ1) is 15.7. The Balaban J connectivity index is 2.34. The molecule has 0 unspecified atom stereocenters. The van der Waals surface area contributed by atoms with E-state index in [2.05, 4.69) is 15.5 Å². The van der Waals surface area contributed by atoms with Gasteiger partial charge in [-0.25, -0.2) is 18.7 Å². The number of halogens is 2. The summed E-state index contributed by atoms with van der Waals surface area (Å²) in [5, 5.41) is 9.19. The second kappa shape index (κ2) is 6.86. The number of benzene rings is 1. The fraction of sp³-hybridized carbons (Fsp3) is 0.385. The van der Waals surface area contributed by atoms with E-state index in [0.717, 1.165) is 18.2 Å². The lowest BCUT2D eigenvalue weighted by atomic mass is 10.2. The van der Waals surface area contributed by atoms with Gasteiger partial charge >= 0.3 is 5.69 Å². The number of nitrogens with one attached hydrogen (secondary N) is 2. The predicted molar refractivity (Wildman–Crippen MR) is 76.4 cm³/mol. The topological polar surface area (TPSA) is 62.7 Å². The molecule has 2 N–H and O–H groups in total. The SMILES string of the molecule is CCCn1c(Sc2c(F)cc(CNC)cc2F)n[nH]c1=O. The summed E-state index contributed by atoms with van der Waals surface area (Å²) in [6.07, 6.45) is 0.721. The quantitative estimate of drug-likeness (QED) is 0.857. The predicted octanol–water partition coefficient (Wildman–Crippen LogP) is 2.13. The molecule has 0 atom stereocenters. The third kappa shape index (κ3) is 3.51. The smallest absolute Gasteiger partial charge is 0.316 e. The molecular weight excluding hydrogens is 298 g/mol. The van der Waals surface area contributed by atoms with E-state index in [1.54, 1.807) is 7.05 Å². The monoisotopic (exact) mass is 314 g/mol. The van der Waals surface area contributed by atoms with Gasteiger partial charge in [0.25, 0.3) is 0 Å². The van der Waals surface area contributed by atoms with Gasteiger partial charge in [-0.1, -0.05) is 6.92 Å². The minimum absolute atomic E-state index is 0.161. The van der Waals surface area contributed by atoms with E-state index < -0.39 is 11.6 Å². The molecule has 1 aromatic carbocycles. The second-order valence-electron chi connectivity index (χ2n) is 4.48. The average Bonchev–Trinajstić information content (AvgIpc) is 2.76. The average molecular weight is 314 g/mol. The van der Waals surface area contributed by atoms with Gasteiger partial charge in [0.05, 0.1) is 4.90 Å². The van der Waals surface area contributed by atoms with Crippen LogP contribution in [0.5, 0.6) is 0 Å². The van der Waals surface area contributed by atoms with Crippen LogP contribution in [0.3, 0.4) is 0 Å². The van der Waals surface area contributed by atoms with Crippen LogP contribution in [0.15, 0.2) is 27.0 Å². The molecule has 0 amide bonds. The molecule has 5 nitrogen and oxygen atoms in total. The molecule has 0 aliphatic heterocycles. The van der Waals surface area contributed by atoms with Crippen molar-refractivity contribution in [2.75, 3.05) is 7.05 Å². The zero-order valence-corrected chi connectivity index (χ0v) is 12.6. The van der Waals surface area contributed by atoms with Crippen molar-refractivity contribution < 1.29 is 8.78 Å². The van der Waals surface area contributed by atoms with E-state index in [1.165, 1.54) is 16.7 Å². The highest BCUT2D eigenvalue weighted by Gasteiger charge is 2.17. The lowest BCUT2D eigenvalue weighted by Crippen LogP contribution is -2.17. The zero-order chi connectivity index (χ0) is 15.4. The molecule has 1 heterocycles. The molecule has 21 heavy (non-hydrogen) atoms. The first-order valence-electron chi connectivity index (χ1n) is 6.52. The van der Waals surface area contributed by atoms with Crippen molar-refractivity contribution in [1.29, 1.82) is 0 Å². The van der Waals surface area contributed by atoms with Crippen molar-refractivity contribution in [2.24, 2.45) is 0 Å². The van der Waals surface area contributed by atoms with Gasteiger partial charge in [-0.05, 0) is 42.9 Å². The van der Waals surface area contributed by atoms with E-state index in [9.17, 15) is 13.6 Å². The van der Waals surface area contributed by atoms with Crippen LogP contribution >= 0.6 is 11.8 Å². The number of aromatic nitrogens is 3. The number of nitrogens with zero attached hydrogens (tertiary/aromatic N) is 2. The molecule has 2 aromatic rings. The van der Waals surface area contributed by atoms with Crippen LogP contribution in [0, 0.1) is 11.6 Å². The molecule has 0 saturated heterocycles. The maximum Gasteiger partial charge on any atom is 0.343 e. The van der Waals surface area contributed by atoms with Gasteiger partial charge in [0, 0.05) is 13.1 Å². The van der Waals surface area contributed by atoms with E-state index in [4.69, 9.17) is 0 Å². The first-order valence-corrected chi connectivity index (χ1v) is 7.34. The van der Waals surface area contributed by atoms with Gasteiger partial charge in [0.1, 0.15) is 11.6 Å². The van der Waals surface area contributed by atoms with Crippen molar-refractivity contribution >= 4 is 11.8 Å². The molecule has 0 aliphatic carbocycles. The molecule has 0 aliphatic rings. The van der Waals surface area contributed by atoms with Crippen LogP contribution < -0.4 is 11.0 Å². The Morgan fingerprint density at radius 1 is 1.38 bits per heavy atom. The highest BCUT2D eigenvalue weighted by Crippen LogP contribution is 2.31. The summed E-state index contributed by atoms with van der Waals surface area (Å²) in [5.41, 5.74) is 0.136. The fourth-order valence-electron chi connectivity index (χ4n) is 1.91. The maximum atomic E-state index is 14.0. The maximum absolute atomic E-state index is 14.0. The molecule has 0 spiro atoms. The number of hydrogen-bond acceptors (Lipinski definition) is 4. The molecule has 2 rings (SSSR count). The van der Waals surface area contributed by atoms with Crippen molar-refractivity contribution in [3.05, 3.63) is 39.8 Å². The summed E-state index contributed by atoms with van der Waals surface area (Å²) in [7, 11) is 1.70. The molecule has 0 fully saturated rings. The number of hydrogen-bond donors (Lipinski definition) is 2. The van der Waals surface area contributed by atoms with E-state index in [1.807, 2.05) is 6.92 Å². The Morgan fingerprint density at radius 3 is 2.62 bits per heavy atom. The summed E-state index contributed by atoms with van der Waals surface area (Å²) >= 11 is 0.805. The summed E-state index contributed by atoms with van der Waals surface area (Å²) in [6, 6.07) is 2.55. The van der Waals surface area contributed by atoms with Crippen LogP contribution in [0.4, 0.5) is 8.78 Å². The van der Waals surface area contributed by atoms with Gasteiger partial charge < -0.3 is 5.32 Å². The van der Waals surface area contributed by atoms with Crippen LogP contribution in [0.1, 0.15) is 18.9 Å². The minimum Gasteiger partial charge on any atom is -0.316 e.